The summed E-state index contributed by atoms with van der Waals surface area (Å²) < 4.78 is 30.6. The van der Waals surface area contributed by atoms with Gasteiger partial charge in [-0.3, -0.25) is 9.63 Å². The Morgan fingerprint density at radius 3 is 2.46 bits per heavy atom. The van der Waals surface area contributed by atoms with Crippen molar-refractivity contribution < 1.29 is 27.6 Å². The van der Waals surface area contributed by atoms with Crippen LogP contribution in [0.3, 0.4) is 0 Å². The Labute approximate surface area is 157 Å². The summed E-state index contributed by atoms with van der Waals surface area (Å²) >= 11 is 5.95. The molecule has 144 valence electrons. The van der Waals surface area contributed by atoms with E-state index in [1.54, 1.807) is 4.90 Å². The van der Waals surface area contributed by atoms with E-state index in [-0.39, 0.29) is 21.4 Å². The van der Waals surface area contributed by atoms with E-state index in [0.717, 1.165) is 18.9 Å². The van der Waals surface area contributed by atoms with Crippen molar-refractivity contribution in [2.45, 2.75) is 30.8 Å². The normalized spacial score (nSPS) is 16.0. The van der Waals surface area contributed by atoms with E-state index in [4.69, 9.17) is 21.2 Å². The highest BCUT2D eigenvalue weighted by atomic mass is 35.5. The van der Waals surface area contributed by atoms with Gasteiger partial charge in [-0.2, -0.15) is 0 Å². The van der Waals surface area contributed by atoms with E-state index in [1.165, 1.54) is 33.2 Å². The van der Waals surface area contributed by atoms with Crippen LogP contribution in [0.25, 0.3) is 0 Å². The van der Waals surface area contributed by atoms with Crippen LogP contribution in [0.5, 0.6) is 0 Å². The van der Waals surface area contributed by atoms with Gasteiger partial charge in [0.25, 0.3) is 15.9 Å². The second kappa shape index (κ2) is 8.34. The smallest absolute Gasteiger partial charge is 0.338 e. The molecule has 1 fully saturated rings. The molecule has 1 aromatic rings. The molecular formula is C16H21ClN2O6S. The van der Waals surface area contributed by atoms with Crippen LogP contribution in [-0.4, -0.2) is 63.0 Å². The van der Waals surface area contributed by atoms with Crippen LogP contribution < -0.4 is 0 Å². The molecule has 1 aliphatic rings. The van der Waals surface area contributed by atoms with Crippen LogP contribution in [-0.2, 0) is 24.4 Å². The number of carbonyl (C=O) groups excluding carboxylic acids is 2. The third kappa shape index (κ3) is 4.35. The van der Waals surface area contributed by atoms with Crippen molar-refractivity contribution in [2.24, 2.45) is 0 Å². The molecule has 1 aromatic carbocycles. The van der Waals surface area contributed by atoms with Crippen molar-refractivity contribution in [1.82, 2.24) is 9.37 Å². The minimum atomic E-state index is -4.04. The van der Waals surface area contributed by atoms with Gasteiger partial charge in [0.1, 0.15) is 4.90 Å². The van der Waals surface area contributed by atoms with Gasteiger partial charge in [-0.25, -0.2) is 13.2 Å². The van der Waals surface area contributed by atoms with E-state index in [2.05, 4.69) is 0 Å². The summed E-state index contributed by atoms with van der Waals surface area (Å²) in [5, 5.41) is -0.0633. The van der Waals surface area contributed by atoms with Gasteiger partial charge in [-0.05, 0) is 38.0 Å². The lowest BCUT2D eigenvalue weighted by Crippen LogP contribution is -2.38. The molecule has 0 bridgehead atoms. The molecule has 1 heterocycles. The zero-order valence-corrected chi connectivity index (χ0v) is 16.3. The molecular weight excluding hydrogens is 384 g/mol. The Kier molecular flexibility index (Phi) is 6.62. The number of hydrogen-bond acceptors (Lipinski definition) is 6. The first-order chi connectivity index (χ1) is 12.2. The molecule has 10 heteroatoms. The van der Waals surface area contributed by atoms with E-state index in [1.807, 2.05) is 0 Å². The number of nitrogens with zero attached hydrogens (tertiary/aromatic N) is 2. The van der Waals surface area contributed by atoms with Gasteiger partial charge in [-0.15, -0.1) is 0 Å². The largest absolute Gasteiger partial charge is 0.449 e. The number of likely N-dealkylation sites (tertiary alicyclic amines) is 1. The van der Waals surface area contributed by atoms with Gasteiger partial charge in [0.2, 0.25) is 0 Å². The second-order valence-corrected chi connectivity index (χ2v) is 8.13. The fourth-order valence-corrected chi connectivity index (χ4v) is 4.01. The molecule has 0 spiro atoms. The minimum absolute atomic E-state index is 0.0291. The molecule has 0 radical (unpaired) electrons. The zero-order chi connectivity index (χ0) is 19.5. The zero-order valence-electron chi connectivity index (χ0n) is 14.8. The summed E-state index contributed by atoms with van der Waals surface area (Å²) in [4.78, 5) is 30.6. The Morgan fingerprint density at radius 1 is 1.27 bits per heavy atom. The van der Waals surface area contributed by atoms with Crippen LogP contribution in [0, 0.1) is 0 Å². The monoisotopic (exact) mass is 404 g/mol. The predicted molar refractivity (Wildman–Crippen MR) is 94.1 cm³/mol. The Balaban J connectivity index is 2.19. The van der Waals surface area contributed by atoms with Crippen LogP contribution in [0.1, 0.15) is 30.1 Å². The SMILES string of the molecule is CON(C)S(=O)(=O)c1cc(C(=O)O[C@@H](C)C(=O)N2CCCC2)ccc1Cl. The fraction of sp³-hybridized carbons (Fsp3) is 0.500. The lowest BCUT2D eigenvalue weighted by molar-refractivity contribution is -0.138. The standard InChI is InChI=1S/C16H21ClN2O6S/c1-11(15(20)19-8-4-5-9-19)25-16(21)12-6-7-13(17)14(10-12)26(22,23)18(2)24-3/h6-7,10-11H,4-5,8-9H2,1-3H3/t11-/m0/s1. The minimum Gasteiger partial charge on any atom is -0.449 e. The van der Waals surface area contributed by atoms with Gasteiger partial charge in [-0.1, -0.05) is 16.1 Å². The summed E-state index contributed by atoms with van der Waals surface area (Å²) in [5.74, 6) is -1.07. The molecule has 1 amide bonds. The summed E-state index contributed by atoms with van der Waals surface area (Å²) in [5.41, 5.74) is -0.0291. The maximum atomic E-state index is 12.4. The first kappa shape index (κ1) is 20.6. The number of sulfonamides is 1. The predicted octanol–water partition coefficient (Wildman–Crippen LogP) is 1.69. The fourth-order valence-electron chi connectivity index (χ4n) is 2.54. The molecule has 2 rings (SSSR count). The van der Waals surface area contributed by atoms with E-state index in [9.17, 15) is 18.0 Å². The van der Waals surface area contributed by atoms with E-state index >= 15 is 0 Å². The Bertz CT molecular complexity index is 792. The van der Waals surface area contributed by atoms with Crippen molar-refractivity contribution in [3.63, 3.8) is 0 Å². The third-order valence-electron chi connectivity index (χ3n) is 4.09. The lowest BCUT2D eigenvalue weighted by Gasteiger charge is -2.20. The average Bonchev–Trinajstić information content (AvgIpc) is 3.14. The molecule has 1 atom stereocenters. The van der Waals surface area contributed by atoms with Crippen LogP contribution in [0.2, 0.25) is 5.02 Å². The first-order valence-electron chi connectivity index (χ1n) is 8.01. The second-order valence-electron chi connectivity index (χ2n) is 5.82. The summed E-state index contributed by atoms with van der Waals surface area (Å²) in [6.07, 6.45) is 0.897. The molecule has 1 aliphatic heterocycles. The summed E-state index contributed by atoms with van der Waals surface area (Å²) in [6, 6.07) is 3.72. The van der Waals surface area contributed by atoms with Crippen LogP contribution in [0.4, 0.5) is 0 Å². The number of benzene rings is 1. The van der Waals surface area contributed by atoms with Gasteiger partial charge in [0, 0.05) is 20.1 Å². The number of carbonyl (C=O) groups is 2. The van der Waals surface area contributed by atoms with Crippen molar-refractivity contribution in [1.29, 1.82) is 0 Å². The van der Waals surface area contributed by atoms with Crippen LogP contribution >= 0.6 is 11.6 Å². The summed E-state index contributed by atoms with van der Waals surface area (Å²) in [6.45, 7) is 2.78. The maximum absolute atomic E-state index is 12.4. The molecule has 0 N–H and O–H groups in total. The van der Waals surface area contributed by atoms with E-state index in [0.29, 0.717) is 17.6 Å². The topological polar surface area (TPSA) is 93.2 Å². The number of amides is 1. The number of esters is 1. The van der Waals surface area contributed by atoms with Crippen LogP contribution in [0.15, 0.2) is 23.1 Å². The number of halogens is 1. The van der Waals surface area contributed by atoms with Gasteiger partial charge in [0.05, 0.1) is 17.7 Å². The highest BCUT2D eigenvalue weighted by molar-refractivity contribution is 7.89. The van der Waals surface area contributed by atoms with Crippen molar-refractivity contribution in [3.8, 4) is 0 Å². The molecule has 26 heavy (non-hydrogen) atoms. The maximum Gasteiger partial charge on any atom is 0.338 e. The third-order valence-corrected chi connectivity index (χ3v) is 6.25. The quantitative estimate of drug-likeness (QED) is 0.529. The molecule has 8 nitrogen and oxygen atoms in total. The Morgan fingerprint density at radius 2 is 1.88 bits per heavy atom. The molecule has 0 unspecified atom stereocenters. The number of rotatable bonds is 6. The van der Waals surface area contributed by atoms with Crippen molar-refractivity contribution in [2.75, 3.05) is 27.2 Å². The number of hydrogen-bond donors (Lipinski definition) is 0. The van der Waals surface area contributed by atoms with Gasteiger partial charge in [0.15, 0.2) is 6.10 Å². The molecule has 0 saturated carbocycles. The lowest BCUT2D eigenvalue weighted by atomic mass is 10.2. The highest BCUT2D eigenvalue weighted by Crippen LogP contribution is 2.26. The Hall–Kier alpha value is -1.68. The van der Waals surface area contributed by atoms with Crippen molar-refractivity contribution >= 4 is 33.5 Å². The molecule has 0 aliphatic carbocycles. The first-order valence-corrected chi connectivity index (χ1v) is 9.82. The summed E-state index contributed by atoms with van der Waals surface area (Å²) in [7, 11) is -1.65. The van der Waals surface area contributed by atoms with Crippen molar-refractivity contribution in [3.05, 3.63) is 28.8 Å². The van der Waals surface area contributed by atoms with Gasteiger partial charge >= 0.3 is 5.97 Å². The highest BCUT2D eigenvalue weighted by Gasteiger charge is 2.28. The average molecular weight is 405 g/mol. The molecule has 1 saturated heterocycles. The van der Waals surface area contributed by atoms with E-state index < -0.39 is 22.1 Å². The van der Waals surface area contributed by atoms with Gasteiger partial charge < -0.3 is 9.64 Å². The molecule has 0 aromatic heterocycles. The number of hydroxylamine groups is 1. The number of ether oxygens (including phenoxy) is 1.